The van der Waals surface area contributed by atoms with E-state index in [0.717, 1.165) is 60.6 Å². The van der Waals surface area contributed by atoms with E-state index in [0.29, 0.717) is 45.4 Å². The number of carbonyl (C=O) groups excluding carboxylic acids is 4. The zero-order valence-corrected chi connectivity index (χ0v) is 33.2. The summed E-state index contributed by atoms with van der Waals surface area (Å²) in [4.78, 5) is 60.1. The number of hydrogen-bond acceptors (Lipinski definition) is 11. The number of nitrogens with two attached hydrogens (primary N) is 2. The smallest absolute Gasteiger partial charge is 0.331 e. The molecular weight excluding hydrogens is 726 g/mol. The summed E-state index contributed by atoms with van der Waals surface area (Å²) in [5, 5.41) is 3.10. The maximum Gasteiger partial charge on any atom is 0.331 e. The van der Waals surface area contributed by atoms with Gasteiger partial charge in [0.1, 0.15) is 18.2 Å². The molecule has 0 saturated heterocycles. The Labute approximate surface area is 336 Å². The van der Waals surface area contributed by atoms with Crippen molar-refractivity contribution in [3.05, 3.63) is 151 Å². The molecule has 4 rings (SSSR count). The predicted octanol–water partition coefficient (Wildman–Crippen LogP) is 4.82. The number of Topliss-reactive ketones (excluding diaryl/α,β-unsaturated/α-hetero) is 2. The van der Waals surface area contributed by atoms with Crippen molar-refractivity contribution < 1.29 is 28.3 Å². The lowest BCUT2D eigenvalue weighted by atomic mass is 10.1. The number of esters is 1. The van der Waals surface area contributed by atoms with Gasteiger partial charge in [0.15, 0.2) is 5.78 Å². The Morgan fingerprint density at radius 3 is 1.77 bits per heavy atom. The average molecular weight is 784 g/mol. The Bertz CT molecular complexity index is 1710. The zero-order valence-electron chi connectivity index (χ0n) is 33.2. The van der Waals surface area contributed by atoms with Crippen molar-refractivity contribution in [3.8, 4) is 0 Å². The normalized spacial score (nSPS) is 10.1. The van der Waals surface area contributed by atoms with Crippen LogP contribution in [0.2, 0.25) is 0 Å². The molecule has 0 saturated carbocycles. The van der Waals surface area contributed by atoms with E-state index in [-0.39, 0.29) is 30.5 Å². The molecular formula is C44H58FN7O5. The fourth-order valence-electron chi connectivity index (χ4n) is 4.45. The predicted molar refractivity (Wildman–Crippen MR) is 222 cm³/mol. The van der Waals surface area contributed by atoms with Gasteiger partial charge in [-0.15, -0.1) is 0 Å². The first kappa shape index (κ1) is 49.3. The Morgan fingerprint density at radius 2 is 1.28 bits per heavy atom. The maximum absolute atomic E-state index is 12.3. The fourth-order valence-corrected chi connectivity index (χ4v) is 4.45. The van der Waals surface area contributed by atoms with Gasteiger partial charge < -0.3 is 26.4 Å². The molecule has 1 amide bonds. The van der Waals surface area contributed by atoms with Crippen LogP contribution in [-0.4, -0.2) is 89.2 Å². The Balaban J connectivity index is 0.000000414. The number of ketones is 2. The van der Waals surface area contributed by atoms with Gasteiger partial charge in [0.2, 0.25) is 5.91 Å². The van der Waals surface area contributed by atoms with Crippen LogP contribution in [0, 0.1) is 5.82 Å². The molecule has 3 heterocycles. The number of aromatic nitrogens is 3. The lowest BCUT2D eigenvalue weighted by molar-refractivity contribution is -0.137. The van der Waals surface area contributed by atoms with E-state index in [1.54, 1.807) is 37.6 Å². The van der Waals surface area contributed by atoms with Crippen molar-refractivity contribution in [2.24, 2.45) is 11.5 Å². The monoisotopic (exact) mass is 783 g/mol. The second-order valence-electron chi connectivity index (χ2n) is 12.1. The van der Waals surface area contributed by atoms with Gasteiger partial charge in [0.25, 0.3) is 0 Å². The number of carbonyl (C=O) groups is 4. The average Bonchev–Trinajstić information content (AvgIpc) is 3.25. The molecule has 1 aromatic carbocycles. The summed E-state index contributed by atoms with van der Waals surface area (Å²) < 4.78 is 17.1. The number of halogens is 1. The van der Waals surface area contributed by atoms with E-state index >= 15 is 0 Å². The van der Waals surface area contributed by atoms with Crippen LogP contribution in [0.5, 0.6) is 0 Å². The molecule has 306 valence electrons. The van der Waals surface area contributed by atoms with E-state index in [1.165, 1.54) is 23.1 Å². The number of rotatable bonds is 20. The molecule has 57 heavy (non-hydrogen) atoms. The summed E-state index contributed by atoms with van der Waals surface area (Å²) in [6.07, 6.45) is 12.9. The molecule has 3 aromatic heterocycles. The molecule has 5 N–H and O–H groups in total. The van der Waals surface area contributed by atoms with Crippen molar-refractivity contribution in [2.45, 2.75) is 52.4 Å². The van der Waals surface area contributed by atoms with Gasteiger partial charge in [-0.3, -0.25) is 29.3 Å². The van der Waals surface area contributed by atoms with E-state index in [4.69, 9.17) is 16.2 Å². The van der Waals surface area contributed by atoms with Crippen molar-refractivity contribution >= 4 is 23.4 Å². The minimum absolute atomic E-state index is 0.00815. The highest BCUT2D eigenvalue weighted by Gasteiger charge is 2.15. The van der Waals surface area contributed by atoms with Gasteiger partial charge >= 0.3 is 5.97 Å². The van der Waals surface area contributed by atoms with Crippen LogP contribution in [0.1, 0.15) is 49.3 Å². The van der Waals surface area contributed by atoms with Crippen LogP contribution >= 0.6 is 0 Å². The van der Waals surface area contributed by atoms with E-state index in [1.807, 2.05) is 61.5 Å². The second-order valence-corrected chi connectivity index (χ2v) is 12.1. The van der Waals surface area contributed by atoms with Gasteiger partial charge in [-0.05, 0) is 73.6 Å². The summed E-state index contributed by atoms with van der Waals surface area (Å²) in [5.74, 6) is -1.03. The molecule has 0 aliphatic carbocycles. The van der Waals surface area contributed by atoms with E-state index in [9.17, 15) is 23.6 Å². The number of hydrogen-bond donors (Lipinski definition) is 3. The number of nitrogens with one attached hydrogen (secondary N) is 1. The van der Waals surface area contributed by atoms with Crippen LogP contribution in [0.15, 0.2) is 122 Å². The summed E-state index contributed by atoms with van der Waals surface area (Å²) in [6, 6.07) is 23.6. The van der Waals surface area contributed by atoms with Crippen LogP contribution in [0.4, 0.5) is 4.39 Å². The molecule has 4 aromatic rings. The van der Waals surface area contributed by atoms with E-state index < -0.39 is 11.9 Å². The Hall–Kier alpha value is -5.76. The molecule has 0 fully saturated rings. The standard InChI is InChI=1S/C18H22N2O4.C11H16N2O.C8H10FN.C7H10N2/c1-3-13-24-18(23)9-8-17(22)20(14-16(21)4-2)12-10-15-7-5-6-11-19-15;1-2-11(14)9-12-8-6-10-5-3-4-7-13-10;9-8-3-1-7(2-4-8)5-6-10;8-5-4-7-3-1-2-6-9-7/h3,5-9,11H,1,4,10,12-14H2,2H3;3-5,7,12H,2,6,8-9H2,1H3;1-4H,5-6,10H2;1-3,6H,4-5,8H2/b9-8-;;;. The Morgan fingerprint density at radius 1 is 0.737 bits per heavy atom. The molecule has 13 heteroatoms. The minimum Gasteiger partial charge on any atom is -0.458 e. The Kier molecular flexibility index (Phi) is 28.1. The van der Waals surface area contributed by atoms with E-state index in [2.05, 4.69) is 26.8 Å². The summed E-state index contributed by atoms with van der Waals surface area (Å²) in [5.41, 5.74) is 14.7. The summed E-state index contributed by atoms with van der Waals surface area (Å²) in [6.45, 7) is 10.1. The van der Waals surface area contributed by atoms with Gasteiger partial charge in [-0.1, -0.05) is 56.8 Å². The SMILES string of the molecule is C=CCOC(=O)/C=C\C(=O)N(CCc1ccccn1)CC(=O)CC.CCC(=O)CNCCc1ccccn1.NCCc1ccc(F)cc1.NCCc1ccccn1. The first-order valence-electron chi connectivity index (χ1n) is 19.0. The molecule has 0 bridgehead atoms. The third-order valence-corrected chi connectivity index (χ3v) is 7.62. The lowest BCUT2D eigenvalue weighted by Crippen LogP contribution is -2.36. The molecule has 0 unspecified atom stereocenters. The van der Waals surface area contributed by atoms with Crippen LogP contribution in [0.25, 0.3) is 0 Å². The van der Waals surface area contributed by atoms with Crippen LogP contribution < -0.4 is 16.8 Å². The second kappa shape index (κ2) is 32.5. The third-order valence-electron chi connectivity index (χ3n) is 7.62. The first-order chi connectivity index (χ1) is 27.6. The van der Waals surface area contributed by atoms with Crippen molar-refractivity contribution in [2.75, 3.05) is 45.9 Å². The zero-order chi connectivity index (χ0) is 41.9. The highest BCUT2D eigenvalue weighted by molar-refractivity contribution is 5.96. The van der Waals surface area contributed by atoms with Crippen molar-refractivity contribution in [1.29, 1.82) is 0 Å². The first-order valence-corrected chi connectivity index (χ1v) is 19.0. The fraction of sp³-hybridized carbons (Fsp3) is 0.341. The molecule has 12 nitrogen and oxygen atoms in total. The molecule has 0 spiro atoms. The lowest BCUT2D eigenvalue weighted by Gasteiger charge is -2.20. The number of amides is 1. The van der Waals surface area contributed by atoms with Crippen LogP contribution in [0.3, 0.4) is 0 Å². The molecule has 0 aliphatic heterocycles. The largest absolute Gasteiger partial charge is 0.458 e. The van der Waals surface area contributed by atoms with Gasteiger partial charge in [0.05, 0.1) is 13.1 Å². The molecule has 0 atom stereocenters. The maximum atomic E-state index is 12.3. The highest BCUT2D eigenvalue weighted by atomic mass is 19.1. The van der Waals surface area contributed by atoms with Crippen molar-refractivity contribution in [3.63, 3.8) is 0 Å². The van der Waals surface area contributed by atoms with Gasteiger partial charge in [-0.25, -0.2) is 9.18 Å². The summed E-state index contributed by atoms with van der Waals surface area (Å²) >= 11 is 0. The van der Waals surface area contributed by atoms with Gasteiger partial charge in [0, 0.05) is 93.0 Å². The minimum atomic E-state index is -0.630. The number of ether oxygens (including phenoxy) is 1. The summed E-state index contributed by atoms with van der Waals surface area (Å²) in [7, 11) is 0. The molecule has 0 radical (unpaired) electrons. The van der Waals surface area contributed by atoms with Crippen LogP contribution in [-0.2, 0) is 49.6 Å². The number of pyridine rings is 3. The quantitative estimate of drug-likeness (QED) is 0.0484. The van der Waals surface area contributed by atoms with Crippen molar-refractivity contribution in [1.82, 2.24) is 25.2 Å². The number of benzene rings is 1. The highest BCUT2D eigenvalue weighted by Crippen LogP contribution is 2.03. The topological polar surface area (TPSA) is 183 Å². The van der Waals surface area contributed by atoms with Gasteiger partial charge in [-0.2, -0.15) is 0 Å². The molecule has 0 aliphatic rings. The number of nitrogens with zero attached hydrogens (tertiary/aromatic N) is 4. The third kappa shape index (κ3) is 25.9.